The molecule has 0 aliphatic carbocycles. The first-order valence-corrected chi connectivity index (χ1v) is 9.05. The van der Waals surface area contributed by atoms with Crippen molar-refractivity contribution in [2.45, 2.75) is 69.6 Å². The van der Waals surface area contributed by atoms with Gasteiger partial charge in [0.05, 0.1) is 18.8 Å². The molecule has 23 heavy (non-hydrogen) atoms. The van der Waals surface area contributed by atoms with Crippen molar-refractivity contribution in [3.05, 3.63) is 0 Å². The van der Waals surface area contributed by atoms with Gasteiger partial charge in [0, 0.05) is 32.2 Å². The quantitative estimate of drug-likeness (QED) is 0.828. The summed E-state index contributed by atoms with van der Waals surface area (Å²) < 4.78 is 11.7. The number of nitrogens with zero attached hydrogens (tertiary/aromatic N) is 1. The summed E-state index contributed by atoms with van der Waals surface area (Å²) >= 11 is 0. The molecular formula is C17H31ClN2O3. The molecule has 1 amide bonds. The smallest absolute Gasteiger partial charge is 0.224 e. The molecule has 3 heterocycles. The maximum atomic E-state index is 12.3. The first-order chi connectivity index (χ1) is 10.8. The van der Waals surface area contributed by atoms with Gasteiger partial charge in [-0.3, -0.25) is 4.79 Å². The van der Waals surface area contributed by atoms with Crippen LogP contribution in [0.25, 0.3) is 0 Å². The summed E-state index contributed by atoms with van der Waals surface area (Å²) in [5, 5.41) is 3.41. The van der Waals surface area contributed by atoms with Crippen molar-refractivity contribution in [1.82, 2.24) is 10.2 Å². The summed E-state index contributed by atoms with van der Waals surface area (Å²) in [7, 11) is 0. The van der Waals surface area contributed by atoms with Gasteiger partial charge < -0.3 is 19.7 Å². The van der Waals surface area contributed by atoms with Crippen molar-refractivity contribution in [1.29, 1.82) is 0 Å². The van der Waals surface area contributed by atoms with Crippen LogP contribution in [0.1, 0.15) is 51.4 Å². The van der Waals surface area contributed by atoms with Crippen LogP contribution in [0.5, 0.6) is 0 Å². The zero-order valence-corrected chi connectivity index (χ0v) is 14.8. The van der Waals surface area contributed by atoms with E-state index in [-0.39, 0.29) is 12.4 Å². The first kappa shape index (κ1) is 19.0. The Morgan fingerprint density at radius 1 is 1.13 bits per heavy atom. The molecule has 0 saturated carbocycles. The third-order valence-electron chi connectivity index (χ3n) is 5.17. The first-order valence-electron chi connectivity index (χ1n) is 9.05. The summed E-state index contributed by atoms with van der Waals surface area (Å²) in [5.74, 6) is 0.313. The molecule has 3 aliphatic rings. The normalized spacial score (nSPS) is 29.3. The van der Waals surface area contributed by atoms with E-state index in [1.54, 1.807) is 0 Å². The fourth-order valence-electron chi connectivity index (χ4n) is 3.72. The highest BCUT2D eigenvalue weighted by Crippen LogP contribution is 2.19. The second kappa shape index (κ2) is 9.82. The fraction of sp³-hybridized carbons (Fsp3) is 0.941. The van der Waals surface area contributed by atoms with Gasteiger partial charge in [-0.05, 0) is 51.5 Å². The summed E-state index contributed by atoms with van der Waals surface area (Å²) in [6.07, 6.45) is 9.13. The van der Waals surface area contributed by atoms with Crippen molar-refractivity contribution >= 4 is 18.3 Å². The number of hydrogen-bond acceptors (Lipinski definition) is 4. The minimum atomic E-state index is 0. The number of rotatable bonds is 5. The van der Waals surface area contributed by atoms with E-state index in [1.165, 1.54) is 19.3 Å². The Hall–Kier alpha value is -0.360. The molecule has 0 radical (unpaired) electrons. The predicted molar refractivity (Wildman–Crippen MR) is 92.0 cm³/mol. The highest BCUT2D eigenvalue weighted by molar-refractivity contribution is 5.85. The molecule has 134 valence electrons. The van der Waals surface area contributed by atoms with E-state index >= 15 is 0 Å². The Morgan fingerprint density at radius 3 is 2.61 bits per heavy atom. The van der Waals surface area contributed by atoms with Crippen LogP contribution < -0.4 is 5.32 Å². The van der Waals surface area contributed by atoms with Crippen molar-refractivity contribution < 1.29 is 14.3 Å². The van der Waals surface area contributed by atoms with Crippen LogP contribution in [-0.4, -0.2) is 61.9 Å². The molecule has 3 rings (SSSR count). The lowest BCUT2D eigenvalue weighted by molar-refractivity contribution is -0.135. The number of nitrogens with one attached hydrogen (secondary N) is 1. The lowest BCUT2D eigenvalue weighted by Crippen LogP contribution is -2.43. The number of likely N-dealkylation sites (tertiary alicyclic amines) is 1. The van der Waals surface area contributed by atoms with Gasteiger partial charge in [0.1, 0.15) is 0 Å². The Morgan fingerprint density at radius 2 is 1.96 bits per heavy atom. The molecule has 1 N–H and O–H groups in total. The minimum Gasteiger partial charge on any atom is -0.376 e. The maximum Gasteiger partial charge on any atom is 0.224 e. The molecule has 3 aliphatic heterocycles. The van der Waals surface area contributed by atoms with Crippen LogP contribution in [0.2, 0.25) is 0 Å². The standard InChI is InChI=1S/C17H30N2O3.ClH/c20-17(12-14-4-3-8-18-14)19-9-6-15(7-10-19)22-13-16-5-1-2-11-21-16;/h14-16,18H,1-13H2;1H. The Labute approximate surface area is 145 Å². The highest BCUT2D eigenvalue weighted by atomic mass is 35.5. The number of ether oxygens (including phenoxy) is 2. The number of carbonyl (C=O) groups excluding carboxylic acids is 1. The topological polar surface area (TPSA) is 50.8 Å². The minimum absolute atomic E-state index is 0. The van der Waals surface area contributed by atoms with E-state index in [2.05, 4.69) is 5.32 Å². The second-order valence-corrected chi connectivity index (χ2v) is 6.90. The van der Waals surface area contributed by atoms with Gasteiger partial charge in [-0.15, -0.1) is 12.4 Å². The number of amides is 1. The molecule has 0 aromatic heterocycles. The molecule has 0 aromatic rings. The molecule has 3 fully saturated rings. The number of carbonyl (C=O) groups is 1. The average molecular weight is 347 g/mol. The van der Waals surface area contributed by atoms with Crippen LogP contribution in [0.15, 0.2) is 0 Å². The van der Waals surface area contributed by atoms with Gasteiger partial charge >= 0.3 is 0 Å². The van der Waals surface area contributed by atoms with E-state index in [9.17, 15) is 4.79 Å². The molecule has 5 nitrogen and oxygen atoms in total. The average Bonchev–Trinajstić information content (AvgIpc) is 3.07. The second-order valence-electron chi connectivity index (χ2n) is 6.90. The fourth-order valence-corrected chi connectivity index (χ4v) is 3.72. The van der Waals surface area contributed by atoms with Gasteiger partial charge in [0.25, 0.3) is 0 Å². The monoisotopic (exact) mass is 346 g/mol. The Bertz CT molecular complexity index is 350. The van der Waals surface area contributed by atoms with Crippen molar-refractivity contribution in [2.75, 3.05) is 32.8 Å². The maximum absolute atomic E-state index is 12.3. The van der Waals surface area contributed by atoms with E-state index in [1.807, 2.05) is 4.90 Å². The third-order valence-corrected chi connectivity index (χ3v) is 5.17. The van der Waals surface area contributed by atoms with Gasteiger partial charge in [-0.2, -0.15) is 0 Å². The van der Waals surface area contributed by atoms with Crippen molar-refractivity contribution in [3.8, 4) is 0 Å². The predicted octanol–water partition coefficient (Wildman–Crippen LogP) is 2.13. The molecule has 2 unspecified atom stereocenters. The summed E-state index contributed by atoms with van der Waals surface area (Å²) in [6, 6.07) is 0.407. The summed E-state index contributed by atoms with van der Waals surface area (Å²) in [4.78, 5) is 14.3. The van der Waals surface area contributed by atoms with Gasteiger partial charge in [0.2, 0.25) is 5.91 Å². The summed E-state index contributed by atoms with van der Waals surface area (Å²) in [5.41, 5.74) is 0. The number of hydrogen-bond donors (Lipinski definition) is 1. The van der Waals surface area contributed by atoms with E-state index in [0.717, 1.165) is 58.5 Å². The Balaban J connectivity index is 0.00000192. The van der Waals surface area contributed by atoms with E-state index < -0.39 is 0 Å². The van der Waals surface area contributed by atoms with Crippen LogP contribution in [0, 0.1) is 0 Å². The van der Waals surface area contributed by atoms with Crippen molar-refractivity contribution in [3.63, 3.8) is 0 Å². The van der Waals surface area contributed by atoms with Crippen LogP contribution in [0.3, 0.4) is 0 Å². The lowest BCUT2D eigenvalue weighted by Gasteiger charge is -2.33. The zero-order valence-electron chi connectivity index (χ0n) is 14.0. The number of halogens is 1. The molecule has 0 spiro atoms. The van der Waals surface area contributed by atoms with E-state index in [4.69, 9.17) is 9.47 Å². The van der Waals surface area contributed by atoms with E-state index in [0.29, 0.717) is 30.6 Å². The molecule has 2 atom stereocenters. The molecule has 0 aromatic carbocycles. The third kappa shape index (κ3) is 5.89. The Kier molecular flexibility index (Phi) is 8.10. The van der Waals surface area contributed by atoms with Gasteiger partial charge in [-0.25, -0.2) is 0 Å². The summed E-state index contributed by atoms with van der Waals surface area (Å²) in [6.45, 7) is 4.38. The molecular weight excluding hydrogens is 316 g/mol. The van der Waals surface area contributed by atoms with Gasteiger partial charge in [-0.1, -0.05) is 0 Å². The van der Waals surface area contributed by atoms with Crippen LogP contribution >= 0.6 is 12.4 Å². The SMILES string of the molecule is Cl.O=C(CC1CCCN1)N1CCC(OCC2CCCCO2)CC1. The molecule has 0 bridgehead atoms. The van der Waals surface area contributed by atoms with Crippen molar-refractivity contribution in [2.24, 2.45) is 0 Å². The van der Waals surface area contributed by atoms with Gasteiger partial charge in [0.15, 0.2) is 0 Å². The largest absolute Gasteiger partial charge is 0.376 e. The van der Waals surface area contributed by atoms with Crippen LogP contribution in [-0.2, 0) is 14.3 Å². The van der Waals surface area contributed by atoms with Crippen LogP contribution in [0.4, 0.5) is 0 Å². The lowest BCUT2D eigenvalue weighted by atomic mass is 10.1. The zero-order chi connectivity index (χ0) is 15.2. The molecule has 3 saturated heterocycles. The highest BCUT2D eigenvalue weighted by Gasteiger charge is 2.26. The number of piperidine rings is 1. The molecule has 6 heteroatoms.